The molecule has 10 heteroatoms. The van der Waals surface area contributed by atoms with E-state index >= 15 is 0 Å². The van der Waals surface area contributed by atoms with E-state index in [1.54, 1.807) is 12.3 Å². The van der Waals surface area contributed by atoms with Crippen molar-refractivity contribution in [1.29, 1.82) is 0 Å². The molecule has 2 aromatic heterocycles. The predicted molar refractivity (Wildman–Crippen MR) is 111 cm³/mol. The first-order chi connectivity index (χ1) is 13.9. The summed E-state index contributed by atoms with van der Waals surface area (Å²) in [6.45, 7) is 3.55. The van der Waals surface area contributed by atoms with Gasteiger partial charge in [-0.2, -0.15) is 0 Å². The second-order valence-electron chi connectivity index (χ2n) is 7.25. The molecule has 0 saturated carbocycles. The number of amides is 1. The molecule has 1 atom stereocenters. The summed E-state index contributed by atoms with van der Waals surface area (Å²) in [7, 11) is 0. The largest absolute Gasteiger partial charge is 0.353 e. The van der Waals surface area contributed by atoms with Gasteiger partial charge in [0, 0.05) is 30.0 Å². The number of nitrogens with one attached hydrogen (secondary N) is 1. The molecule has 3 aromatic rings. The van der Waals surface area contributed by atoms with Crippen LogP contribution in [0.15, 0.2) is 39.9 Å². The van der Waals surface area contributed by atoms with Crippen molar-refractivity contribution in [2.24, 2.45) is 5.92 Å². The van der Waals surface area contributed by atoms with Gasteiger partial charge in [-0.05, 0) is 37.0 Å². The van der Waals surface area contributed by atoms with Crippen LogP contribution in [-0.4, -0.2) is 38.2 Å². The quantitative estimate of drug-likeness (QED) is 0.644. The summed E-state index contributed by atoms with van der Waals surface area (Å²) in [5.41, 5.74) is 0.00836. The number of fused-ring (bicyclic) bond motifs is 1. The van der Waals surface area contributed by atoms with Crippen LogP contribution in [0.4, 0.5) is 15.9 Å². The van der Waals surface area contributed by atoms with Crippen molar-refractivity contribution in [3.8, 4) is 0 Å². The van der Waals surface area contributed by atoms with E-state index in [4.69, 9.17) is 0 Å². The summed E-state index contributed by atoms with van der Waals surface area (Å²) >= 11 is 3.17. The number of piperidine rings is 1. The fourth-order valence-electron chi connectivity index (χ4n) is 3.56. The molecule has 29 heavy (non-hydrogen) atoms. The smallest absolute Gasteiger partial charge is 0.350 e. The molecule has 1 aromatic carbocycles. The van der Waals surface area contributed by atoms with Crippen molar-refractivity contribution in [2.45, 2.75) is 26.3 Å². The van der Waals surface area contributed by atoms with Crippen LogP contribution in [0.5, 0.6) is 0 Å². The van der Waals surface area contributed by atoms with Gasteiger partial charge in [-0.15, -0.1) is 5.10 Å². The fraction of sp³-hybridized carbons (Fsp3) is 0.368. The summed E-state index contributed by atoms with van der Waals surface area (Å²) in [5.74, 6) is 0.0547. The first kappa shape index (κ1) is 19.6. The third-order valence-electron chi connectivity index (χ3n) is 4.94. The molecule has 1 saturated heterocycles. The average Bonchev–Trinajstić information content (AvgIpc) is 3.00. The van der Waals surface area contributed by atoms with Crippen LogP contribution >= 0.6 is 15.9 Å². The molecule has 1 aliphatic rings. The maximum atomic E-state index is 13.9. The number of rotatable bonds is 4. The minimum Gasteiger partial charge on any atom is -0.353 e. The number of nitrogens with zero attached hydrogens (tertiary/aromatic N) is 5. The lowest BCUT2D eigenvalue weighted by Crippen LogP contribution is -2.35. The van der Waals surface area contributed by atoms with Crippen LogP contribution in [0.1, 0.15) is 19.8 Å². The zero-order valence-corrected chi connectivity index (χ0v) is 17.4. The molecule has 0 radical (unpaired) electrons. The molecule has 0 bridgehead atoms. The molecule has 1 fully saturated rings. The number of benzene rings is 1. The monoisotopic (exact) mass is 462 g/mol. The van der Waals surface area contributed by atoms with E-state index in [-0.39, 0.29) is 12.2 Å². The van der Waals surface area contributed by atoms with Gasteiger partial charge in [0.25, 0.3) is 0 Å². The molecule has 1 amide bonds. The second-order valence-corrected chi connectivity index (χ2v) is 8.17. The number of hydrogen-bond donors (Lipinski definition) is 1. The first-order valence-electron chi connectivity index (χ1n) is 9.36. The molecule has 1 aliphatic heterocycles. The van der Waals surface area contributed by atoms with Crippen molar-refractivity contribution in [3.63, 3.8) is 0 Å². The highest BCUT2D eigenvalue weighted by Gasteiger charge is 2.22. The number of carbonyl (C=O) groups excluding carboxylic acids is 1. The number of aromatic nitrogens is 4. The molecule has 4 rings (SSSR count). The van der Waals surface area contributed by atoms with Crippen molar-refractivity contribution in [2.75, 3.05) is 23.3 Å². The minimum atomic E-state index is -0.569. The van der Waals surface area contributed by atoms with Gasteiger partial charge in [0.1, 0.15) is 12.4 Å². The standard InChI is InChI=1S/C19H20BrFN6O2/c1-12-3-2-7-25(10-12)17-18-24-27(19(29)26(18)8-6-22-17)11-16(28)23-15-5-4-13(20)9-14(15)21/h4-6,8-9,12H,2-3,7,10-11H2,1H3,(H,23,28)/t12-/m0/s1. The Morgan fingerprint density at radius 1 is 1.41 bits per heavy atom. The summed E-state index contributed by atoms with van der Waals surface area (Å²) < 4.78 is 17.0. The Morgan fingerprint density at radius 3 is 3.00 bits per heavy atom. The van der Waals surface area contributed by atoms with E-state index in [1.165, 1.54) is 22.7 Å². The fourth-order valence-corrected chi connectivity index (χ4v) is 3.89. The first-order valence-corrected chi connectivity index (χ1v) is 10.2. The summed E-state index contributed by atoms with van der Waals surface area (Å²) in [5, 5.41) is 6.80. The average molecular weight is 463 g/mol. The van der Waals surface area contributed by atoms with Crippen LogP contribution in [0, 0.1) is 11.7 Å². The van der Waals surface area contributed by atoms with Crippen LogP contribution in [-0.2, 0) is 11.3 Å². The molecular weight excluding hydrogens is 443 g/mol. The van der Waals surface area contributed by atoms with Gasteiger partial charge in [0.2, 0.25) is 11.6 Å². The summed E-state index contributed by atoms with van der Waals surface area (Å²) in [4.78, 5) is 31.6. The zero-order chi connectivity index (χ0) is 20.5. The van der Waals surface area contributed by atoms with E-state index in [2.05, 4.69) is 43.2 Å². The highest BCUT2D eigenvalue weighted by atomic mass is 79.9. The van der Waals surface area contributed by atoms with Crippen LogP contribution in [0.3, 0.4) is 0 Å². The lowest BCUT2D eigenvalue weighted by molar-refractivity contribution is -0.117. The van der Waals surface area contributed by atoms with Gasteiger partial charge >= 0.3 is 5.69 Å². The number of hydrogen-bond acceptors (Lipinski definition) is 5. The van der Waals surface area contributed by atoms with Crippen molar-refractivity contribution in [1.82, 2.24) is 19.2 Å². The van der Waals surface area contributed by atoms with Gasteiger partial charge in [-0.3, -0.25) is 4.79 Å². The van der Waals surface area contributed by atoms with Crippen LogP contribution in [0.25, 0.3) is 5.65 Å². The maximum Gasteiger partial charge on any atom is 0.350 e. The Labute approximate surface area is 174 Å². The normalized spacial score (nSPS) is 16.9. The highest BCUT2D eigenvalue weighted by Crippen LogP contribution is 2.23. The highest BCUT2D eigenvalue weighted by molar-refractivity contribution is 9.10. The van der Waals surface area contributed by atoms with Crippen molar-refractivity contribution >= 4 is 39.0 Å². The third kappa shape index (κ3) is 4.02. The van der Waals surface area contributed by atoms with Crippen LogP contribution in [0.2, 0.25) is 0 Å². The Balaban J connectivity index is 1.59. The Bertz CT molecular complexity index is 1130. The Hall–Kier alpha value is -2.75. The van der Waals surface area contributed by atoms with Gasteiger partial charge in [0.05, 0.1) is 5.69 Å². The van der Waals surface area contributed by atoms with Crippen molar-refractivity contribution < 1.29 is 9.18 Å². The number of halogens is 2. The van der Waals surface area contributed by atoms with E-state index in [0.717, 1.165) is 30.6 Å². The van der Waals surface area contributed by atoms with Gasteiger partial charge < -0.3 is 10.2 Å². The van der Waals surface area contributed by atoms with E-state index in [0.29, 0.717) is 21.9 Å². The number of carbonyl (C=O) groups is 1. The summed E-state index contributed by atoms with van der Waals surface area (Å²) in [6.07, 6.45) is 5.31. The molecular formula is C19H20BrFN6O2. The van der Waals surface area contributed by atoms with Gasteiger partial charge in [-0.25, -0.2) is 23.3 Å². The Morgan fingerprint density at radius 2 is 2.24 bits per heavy atom. The van der Waals surface area contributed by atoms with Gasteiger partial charge in [0.15, 0.2) is 5.82 Å². The van der Waals surface area contributed by atoms with E-state index in [1.807, 2.05) is 0 Å². The predicted octanol–water partition coefficient (Wildman–Crippen LogP) is 2.67. The molecule has 152 valence electrons. The summed E-state index contributed by atoms with van der Waals surface area (Å²) in [6, 6.07) is 4.32. The van der Waals surface area contributed by atoms with Crippen molar-refractivity contribution in [3.05, 3.63) is 51.4 Å². The van der Waals surface area contributed by atoms with E-state index < -0.39 is 17.4 Å². The second kappa shape index (κ2) is 7.94. The topological polar surface area (TPSA) is 84.5 Å². The lowest BCUT2D eigenvalue weighted by atomic mass is 10.0. The minimum absolute atomic E-state index is 0.0414. The number of anilines is 2. The van der Waals surface area contributed by atoms with Gasteiger partial charge in [-0.1, -0.05) is 22.9 Å². The molecule has 1 N–H and O–H groups in total. The zero-order valence-electron chi connectivity index (χ0n) is 15.8. The third-order valence-corrected chi connectivity index (χ3v) is 5.43. The maximum absolute atomic E-state index is 13.9. The van der Waals surface area contributed by atoms with E-state index in [9.17, 15) is 14.0 Å². The SMILES string of the molecule is C[C@H]1CCCN(c2nccn3c(=O)n(CC(=O)Nc4ccc(Br)cc4F)nc23)C1. The lowest BCUT2D eigenvalue weighted by Gasteiger charge is -2.31. The Kier molecular flexibility index (Phi) is 5.35. The molecule has 0 spiro atoms. The molecule has 8 nitrogen and oxygen atoms in total. The molecule has 0 aliphatic carbocycles. The van der Waals surface area contributed by atoms with Crippen LogP contribution < -0.4 is 15.9 Å². The molecule has 0 unspecified atom stereocenters. The molecule has 3 heterocycles.